The molecule has 5 nitrogen and oxygen atoms in total. The van der Waals surface area contributed by atoms with Crippen molar-refractivity contribution in [3.63, 3.8) is 0 Å². The minimum atomic E-state index is -0.881. The highest BCUT2D eigenvalue weighted by molar-refractivity contribution is 5.51. The van der Waals surface area contributed by atoms with E-state index in [1.54, 1.807) is 6.07 Å². The van der Waals surface area contributed by atoms with Gasteiger partial charge in [0.2, 0.25) is 0 Å². The van der Waals surface area contributed by atoms with Gasteiger partial charge in [-0.15, -0.1) is 0 Å². The number of H-pyrrole nitrogens is 1. The van der Waals surface area contributed by atoms with Gasteiger partial charge in [0.1, 0.15) is 5.75 Å². The molecule has 3 atom stereocenters. The van der Waals surface area contributed by atoms with Crippen LogP contribution < -0.4 is 0 Å². The molecule has 3 aliphatic carbocycles. The number of aromatic nitrogens is 2. The zero-order valence-electron chi connectivity index (χ0n) is 17.1. The minimum Gasteiger partial charge on any atom is -0.508 e. The van der Waals surface area contributed by atoms with Gasteiger partial charge >= 0.3 is 0 Å². The Balaban J connectivity index is 1.70. The number of nitrogens with one attached hydrogen (secondary N) is 1. The van der Waals surface area contributed by atoms with Gasteiger partial charge in [-0.05, 0) is 74.4 Å². The molecule has 0 aliphatic heterocycles. The fourth-order valence-corrected chi connectivity index (χ4v) is 6.07. The van der Waals surface area contributed by atoms with E-state index in [4.69, 9.17) is 0 Å². The molecule has 0 unspecified atom stereocenters. The van der Waals surface area contributed by atoms with Crippen LogP contribution in [0.25, 0.3) is 0 Å². The molecule has 3 N–H and O–H groups in total. The highest BCUT2D eigenvalue weighted by Crippen LogP contribution is 2.55. The van der Waals surface area contributed by atoms with E-state index >= 15 is 0 Å². The van der Waals surface area contributed by atoms with Crippen LogP contribution in [0.15, 0.2) is 18.2 Å². The molecule has 5 rings (SSSR count). The van der Waals surface area contributed by atoms with Crippen molar-refractivity contribution in [1.29, 1.82) is 0 Å². The second-order valence-electron chi connectivity index (χ2n) is 9.43. The molecule has 0 spiro atoms. The number of phenols is 1. The molecule has 2 aromatic rings. The molecule has 150 valence electrons. The number of hydrogen-bond acceptors (Lipinski definition) is 4. The van der Waals surface area contributed by atoms with Gasteiger partial charge in [0.25, 0.3) is 0 Å². The van der Waals surface area contributed by atoms with E-state index in [0.717, 1.165) is 42.3 Å². The van der Waals surface area contributed by atoms with E-state index in [-0.39, 0.29) is 11.8 Å². The lowest BCUT2D eigenvalue weighted by Gasteiger charge is -2.59. The first-order chi connectivity index (χ1) is 13.4. The van der Waals surface area contributed by atoms with Crippen molar-refractivity contribution < 1.29 is 10.2 Å². The number of phenolic OH excluding ortho intramolecular Hbond substituents is 1. The molecule has 1 fully saturated rings. The van der Waals surface area contributed by atoms with E-state index in [0.29, 0.717) is 12.8 Å². The van der Waals surface area contributed by atoms with Gasteiger partial charge in [-0.1, -0.05) is 13.0 Å². The Morgan fingerprint density at radius 2 is 2.07 bits per heavy atom. The Hall–Kier alpha value is -1.85. The summed E-state index contributed by atoms with van der Waals surface area (Å²) in [5.74, 6) is 1.06. The van der Waals surface area contributed by atoms with Crippen LogP contribution in [0.5, 0.6) is 5.75 Å². The summed E-state index contributed by atoms with van der Waals surface area (Å²) in [6.07, 6.45) is 5.59. The zero-order valence-corrected chi connectivity index (χ0v) is 17.1. The van der Waals surface area contributed by atoms with Gasteiger partial charge in [0, 0.05) is 36.5 Å². The molecule has 1 aromatic heterocycles. The minimum absolute atomic E-state index is 0.0625. The number of fused-ring (bicyclic) bond motifs is 4. The van der Waals surface area contributed by atoms with Crippen molar-refractivity contribution >= 4 is 0 Å². The van der Waals surface area contributed by atoms with Crippen LogP contribution in [0.4, 0.5) is 0 Å². The van der Waals surface area contributed by atoms with E-state index in [1.165, 1.54) is 24.0 Å². The molecule has 1 heterocycles. The van der Waals surface area contributed by atoms with Crippen molar-refractivity contribution in [2.45, 2.75) is 69.4 Å². The number of aromatic hydroxyl groups is 1. The van der Waals surface area contributed by atoms with Crippen LogP contribution in [0.1, 0.15) is 54.3 Å². The first kappa shape index (κ1) is 18.2. The molecule has 3 aliphatic rings. The van der Waals surface area contributed by atoms with Gasteiger partial charge < -0.3 is 10.2 Å². The van der Waals surface area contributed by atoms with Crippen molar-refractivity contribution in [3.05, 3.63) is 46.3 Å². The normalized spacial score (nSPS) is 31.4. The summed E-state index contributed by atoms with van der Waals surface area (Å²) in [5, 5.41) is 30.5. The molecule has 1 saturated carbocycles. The average Bonchev–Trinajstić information content (AvgIpc) is 3.42. The maximum Gasteiger partial charge on any atom is 0.115 e. The van der Waals surface area contributed by atoms with E-state index in [2.05, 4.69) is 42.1 Å². The van der Waals surface area contributed by atoms with Crippen LogP contribution in [0.2, 0.25) is 0 Å². The van der Waals surface area contributed by atoms with Crippen molar-refractivity contribution in [3.8, 4) is 5.75 Å². The van der Waals surface area contributed by atoms with Crippen molar-refractivity contribution in [2.75, 3.05) is 13.6 Å². The molecule has 0 saturated heterocycles. The monoisotopic (exact) mass is 381 g/mol. The number of aromatic amines is 1. The molecule has 0 amide bonds. The lowest BCUT2D eigenvalue weighted by atomic mass is 9.51. The van der Waals surface area contributed by atoms with Gasteiger partial charge in [-0.3, -0.25) is 10.00 Å². The Morgan fingerprint density at radius 3 is 2.79 bits per heavy atom. The molecule has 0 radical (unpaired) electrons. The number of hydrogen-bond donors (Lipinski definition) is 3. The van der Waals surface area contributed by atoms with Gasteiger partial charge in [0.05, 0.1) is 11.3 Å². The predicted octanol–water partition coefficient (Wildman–Crippen LogP) is 2.87. The topological polar surface area (TPSA) is 72.4 Å². The van der Waals surface area contributed by atoms with Gasteiger partial charge in [-0.2, -0.15) is 5.10 Å². The second kappa shape index (κ2) is 6.07. The summed E-state index contributed by atoms with van der Waals surface area (Å²) in [6, 6.07) is 5.81. The summed E-state index contributed by atoms with van der Waals surface area (Å²) >= 11 is 0. The summed E-state index contributed by atoms with van der Waals surface area (Å²) in [4.78, 5) is 2.41. The summed E-state index contributed by atoms with van der Waals surface area (Å²) < 4.78 is 0. The number of nitrogens with zero attached hydrogens (tertiary/aromatic N) is 2. The third-order valence-electron chi connectivity index (χ3n) is 7.86. The Labute approximate surface area is 166 Å². The number of aryl methyl sites for hydroxylation is 1. The largest absolute Gasteiger partial charge is 0.508 e. The molecule has 28 heavy (non-hydrogen) atoms. The fraction of sp³-hybridized carbons (Fsp3) is 0.609. The first-order valence-corrected chi connectivity index (χ1v) is 10.7. The van der Waals surface area contributed by atoms with Crippen LogP contribution in [0.3, 0.4) is 0 Å². The van der Waals surface area contributed by atoms with Crippen LogP contribution in [-0.4, -0.2) is 50.5 Å². The molecular weight excluding hydrogens is 350 g/mol. The molecular formula is C23H31N3O2. The Bertz CT molecular complexity index is 919. The number of benzene rings is 1. The highest BCUT2D eigenvalue weighted by atomic mass is 16.3. The Kier molecular flexibility index (Phi) is 3.95. The molecule has 0 bridgehead atoms. The lowest BCUT2D eigenvalue weighted by molar-refractivity contribution is -0.117. The standard InChI is InChI=1S/C23H31N3O2/c1-4-22-12-20-18(14(2)24-25-20)11-23(22,28)21(26(3)13-15-5-6-15)9-16-7-8-17(27)10-19(16)22/h7-8,10,15,21,27-28H,4-6,9,11-13H2,1-3H3,(H,24,25)/t21-,22-,23-/m1/s1. The van der Waals surface area contributed by atoms with Crippen LogP contribution >= 0.6 is 0 Å². The molecule has 5 heteroatoms. The highest BCUT2D eigenvalue weighted by Gasteiger charge is 2.61. The van der Waals surface area contributed by atoms with Crippen LogP contribution in [0, 0.1) is 12.8 Å². The third kappa shape index (κ3) is 2.42. The summed E-state index contributed by atoms with van der Waals surface area (Å²) in [5.41, 5.74) is 4.37. The lowest BCUT2D eigenvalue weighted by Crippen LogP contribution is -2.69. The first-order valence-electron chi connectivity index (χ1n) is 10.7. The number of likely N-dealkylation sites (N-methyl/N-ethyl adjacent to an activating group) is 1. The zero-order chi connectivity index (χ0) is 19.7. The van der Waals surface area contributed by atoms with Crippen LogP contribution in [-0.2, 0) is 24.7 Å². The second-order valence-corrected chi connectivity index (χ2v) is 9.43. The predicted molar refractivity (Wildman–Crippen MR) is 109 cm³/mol. The van der Waals surface area contributed by atoms with E-state index in [9.17, 15) is 10.2 Å². The fourth-order valence-electron chi connectivity index (χ4n) is 6.07. The maximum absolute atomic E-state index is 12.5. The molecule has 1 aromatic carbocycles. The van der Waals surface area contributed by atoms with Crippen molar-refractivity contribution in [2.24, 2.45) is 5.92 Å². The SMILES string of the molecule is CC[C@]12Cc3n[nH]c(C)c3C[C@@]1(O)[C@H](N(C)CC1CC1)Cc1ccc(O)cc12. The summed E-state index contributed by atoms with van der Waals surface area (Å²) in [7, 11) is 2.19. The Morgan fingerprint density at radius 1 is 1.29 bits per heavy atom. The number of rotatable bonds is 4. The maximum atomic E-state index is 12.5. The number of aliphatic hydroxyl groups is 1. The van der Waals surface area contributed by atoms with Crippen molar-refractivity contribution in [1.82, 2.24) is 15.1 Å². The van der Waals surface area contributed by atoms with E-state index < -0.39 is 11.0 Å². The third-order valence-corrected chi connectivity index (χ3v) is 7.86. The quantitative estimate of drug-likeness (QED) is 0.762. The smallest absolute Gasteiger partial charge is 0.115 e. The van der Waals surface area contributed by atoms with Gasteiger partial charge in [-0.25, -0.2) is 0 Å². The summed E-state index contributed by atoms with van der Waals surface area (Å²) in [6.45, 7) is 5.28. The van der Waals surface area contributed by atoms with Gasteiger partial charge in [0.15, 0.2) is 0 Å². The van der Waals surface area contributed by atoms with E-state index in [1.807, 2.05) is 6.07 Å². The average molecular weight is 382 g/mol.